The van der Waals surface area contributed by atoms with E-state index in [1.807, 2.05) is 0 Å². The average Bonchev–Trinajstić information content (AvgIpc) is 3.32. The molecule has 1 saturated heterocycles. The van der Waals surface area contributed by atoms with E-state index < -0.39 is 18.4 Å². The Morgan fingerprint density at radius 2 is 2.32 bits per heavy atom. The second-order valence-electron chi connectivity index (χ2n) is 5.77. The summed E-state index contributed by atoms with van der Waals surface area (Å²) >= 11 is 0. The van der Waals surface area contributed by atoms with E-state index in [0.717, 1.165) is 0 Å². The van der Waals surface area contributed by atoms with Gasteiger partial charge in [0.15, 0.2) is 11.2 Å². The molecule has 3 unspecified atom stereocenters. The molecule has 132 valence electrons. The monoisotopic (exact) mass is 347 g/mol. The molecule has 0 bridgehead atoms. The molecule has 0 aromatic carbocycles. The summed E-state index contributed by atoms with van der Waals surface area (Å²) in [6, 6.07) is 0. The molecule has 1 aliphatic heterocycles. The zero-order chi connectivity index (χ0) is 17.4. The molecule has 0 aliphatic carbocycles. The van der Waals surface area contributed by atoms with Gasteiger partial charge in [-0.3, -0.25) is 14.3 Å². The second-order valence-corrected chi connectivity index (χ2v) is 5.77. The first kappa shape index (κ1) is 15.7. The molecule has 11 nitrogen and oxygen atoms in total. The normalized spacial score (nSPS) is 23.4. The lowest BCUT2D eigenvalue weighted by atomic mass is 10.2. The summed E-state index contributed by atoms with van der Waals surface area (Å²) in [6.07, 6.45) is 4.79. The van der Waals surface area contributed by atoms with Crippen LogP contribution in [-0.4, -0.2) is 58.1 Å². The lowest BCUT2D eigenvalue weighted by molar-refractivity contribution is -0.0432. The third kappa shape index (κ3) is 2.88. The van der Waals surface area contributed by atoms with Gasteiger partial charge in [0.05, 0.1) is 32.0 Å². The lowest BCUT2D eigenvalue weighted by Crippen LogP contribution is -2.24. The van der Waals surface area contributed by atoms with Crippen molar-refractivity contribution in [2.45, 2.75) is 31.5 Å². The van der Waals surface area contributed by atoms with Gasteiger partial charge in [-0.05, 0) is 0 Å². The van der Waals surface area contributed by atoms with Crippen LogP contribution in [0.25, 0.3) is 11.2 Å². The van der Waals surface area contributed by atoms with E-state index in [-0.39, 0.29) is 30.1 Å². The first-order valence-corrected chi connectivity index (χ1v) is 7.76. The largest absolute Gasteiger partial charge is 0.394 e. The summed E-state index contributed by atoms with van der Waals surface area (Å²) in [4.78, 5) is 27.3. The van der Waals surface area contributed by atoms with Gasteiger partial charge in [0, 0.05) is 18.8 Å². The fourth-order valence-electron chi connectivity index (χ4n) is 2.82. The Balaban J connectivity index is 1.64. The lowest BCUT2D eigenvalue weighted by Gasteiger charge is -2.14. The second kappa shape index (κ2) is 6.27. The van der Waals surface area contributed by atoms with E-state index in [4.69, 9.17) is 4.74 Å². The number of aromatic nitrogens is 6. The minimum absolute atomic E-state index is 0.179. The quantitative estimate of drug-likeness (QED) is 0.461. The number of hydrogen-bond acceptors (Lipinski definition) is 8. The van der Waals surface area contributed by atoms with Crippen LogP contribution in [0.2, 0.25) is 0 Å². The van der Waals surface area contributed by atoms with Gasteiger partial charge in [-0.1, -0.05) is 0 Å². The number of nitrogens with zero attached hydrogens (tertiary/aromatic N) is 5. The maximum absolute atomic E-state index is 12.2. The predicted octanol–water partition coefficient (Wildman–Crippen LogP) is -0.974. The fourth-order valence-corrected chi connectivity index (χ4v) is 2.82. The smallest absolute Gasteiger partial charge is 0.280 e. The van der Waals surface area contributed by atoms with Gasteiger partial charge in [0.2, 0.25) is 5.95 Å². The number of aliphatic hydroxyl groups excluding tert-OH is 2. The van der Waals surface area contributed by atoms with E-state index >= 15 is 0 Å². The Labute approximate surface area is 140 Å². The van der Waals surface area contributed by atoms with Crippen LogP contribution in [0, 0.1) is 0 Å². The van der Waals surface area contributed by atoms with Crippen LogP contribution in [0.4, 0.5) is 5.95 Å². The first-order valence-electron chi connectivity index (χ1n) is 7.76. The molecular formula is C14H17N7O4. The summed E-state index contributed by atoms with van der Waals surface area (Å²) in [7, 11) is 0. The number of imidazole rings is 2. The number of aliphatic hydroxyl groups is 2. The molecule has 1 fully saturated rings. The summed E-state index contributed by atoms with van der Waals surface area (Å²) in [5.74, 6) is 0.283. The number of rotatable bonds is 5. The van der Waals surface area contributed by atoms with Crippen LogP contribution in [-0.2, 0) is 11.4 Å². The highest BCUT2D eigenvalue weighted by molar-refractivity contribution is 5.70. The standard InChI is InChI=1S/C14H17N7O4/c22-4-9-8(23)3-10(25-9)21-7-16-11-12(21)18-14(19-13(11)24)17-6-20-2-1-15-5-20/h1-2,5,7-10,22-23H,3-4,6H2,(H2,17,18,19,24). The molecule has 1 aliphatic rings. The summed E-state index contributed by atoms with van der Waals surface area (Å²) in [5.41, 5.74) is 0.139. The highest BCUT2D eigenvalue weighted by Gasteiger charge is 2.35. The summed E-state index contributed by atoms with van der Waals surface area (Å²) in [6.45, 7) is 0.101. The van der Waals surface area contributed by atoms with Crippen LogP contribution < -0.4 is 10.9 Å². The highest BCUT2D eigenvalue weighted by atomic mass is 16.5. The molecule has 11 heteroatoms. The van der Waals surface area contributed by atoms with E-state index in [1.54, 1.807) is 27.9 Å². The SMILES string of the molecule is O=c1[nH]c(NCn2ccnc2)nc2c1ncn2C1CC(O)C(CO)O1. The maximum atomic E-state index is 12.2. The third-order valence-electron chi connectivity index (χ3n) is 4.11. The van der Waals surface area contributed by atoms with Gasteiger partial charge < -0.3 is 24.8 Å². The van der Waals surface area contributed by atoms with Crippen LogP contribution in [0.15, 0.2) is 29.8 Å². The summed E-state index contributed by atoms with van der Waals surface area (Å²) in [5, 5.41) is 22.1. The maximum Gasteiger partial charge on any atom is 0.280 e. The Bertz CT molecular complexity index is 919. The molecule has 3 atom stereocenters. The Hall–Kier alpha value is -2.76. The van der Waals surface area contributed by atoms with Gasteiger partial charge in [-0.25, -0.2) is 9.97 Å². The molecule has 3 aromatic heterocycles. The molecule has 4 N–H and O–H groups in total. The van der Waals surface area contributed by atoms with Gasteiger partial charge in [-0.2, -0.15) is 4.98 Å². The fraction of sp³-hybridized carbons (Fsp3) is 0.429. The topological polar surface area (TPSA) is 143 Å². The van der Waals surface area contributed by atoms with Crippen LogP contribution in [0.1, 0.15) is 12.6 Å². The molecule has 4 heterocycles. The summed E-state index contributed by atoms with van der Waals surface area (Å²) < 4.78 is 8.98. The van der Waals surface area contributed by atoms with Crippen molar-refractivity contribution in [1.82, 2.24) is 29.1 Å². The first-order chi connectivity index (χ1) is 12.2. The van der Waals surface area contributed by atoms with E-state index in [1.165, 1.54) is 6.33 Å². The number of aromatic amines is 1. The highest BCUT2D eigenvalue weighted by Crippen LogP contribution is 2.30. The van der Waals surface area contributed by atoms with Crippen LogP contribution in [0.5, 0.6) is 0 Å². The minimum atomic E-state index is -0.784. The Kier molecular flexibility index (Phi) is 3.95. The van der Waals surface area contributed by atoms with Crippen molar-refractivity contribution in [2.24, 2.45) is 0 Å². The van der Waals surface area contributed by atoms with Crippen molar-refractivity contribution in [1.29, 1.82) is 0 Å². The van der Waals surface area contributed by atoms with Crippen molar-refractivity contribution in [3.05, 3.63) is 35.4 Å². The Morgan fingerprint density at radius 3 is 3.04 bits per heavy atom. The zero-order valence-corrected chi connectivity index (χ0v) is 13.1. The average molecular weight is 347 g/mol. The molecule has 4 rings (SSSR count). The number of nitrogens with one attached hydrogen (secondary N) is 2. The molecule has 0 spiro atoms. The van der Waals surface area contributed by atoms with E-state index in [9.17, 15) is 15.0 Å². The van der Waals surface area contributed by atoms with E-state index in [0.29, 0.717) is 12.3 Å². The molecular weight excluding hydrogens is 330 g/mol. The van der Waals surface area contributed by atoms with Gasteiger partial charge in [-0.15, -0.1) is 0 Å². The van der Waals surface area contributed by atoms with Crippen LogP contribution in [0.3, 0.4) is 0 Å². The van der Waals surface area contributed by atoms with Gasteiger partial charge in [0.25, 0.3) is 5.56 Å². The third-order valence-corrected chi connectivity index (χ3v) is 4.11. The molecule has 25 heavy (non-hydrogen) atoms. The van der Waals surface area contributed by atoms with E-state index in [2.05, 4.69) is 25.3 Å². The van der Waals surface area contributed by atoms with Crippen molar-refractivity contribution < 1.29 is 14.9 Å². The molecule has 3 aromatic rings. The molecule has 0 saturated carbocycles. The van der Waals surface area contributed by atoms with Crippen LogP contribution >= 0.6 is 0 Å². The molecule has 0 radical (unpaired) electrons. The number of anilines is 1. The van der Waals surface area contributed by atoms with Gasteiger partial charge in [0.1, 0.15) is 12.3 Å². The van der Waals surface area contributed by atoms with Crippen molar-refractivity contribution in [3.63, 3.8) is 0 Å². The predicted molar refractivity (Wildman–Crippen MR) is 85.6 cm³/mol. The number of ether oxygens (including phenoxy) is 1. The van der Waals surface area contributed by atoms with Crippen molar-refractivity contribution in [3.8, 4) is 0 Å². The zero-order valence-electron chi connectivity index (χ0n) is 13.1. The van der Waals surface area contributed by atoms with Crippen molar-refractivity contribution >= 4 is 17.1 Å². The Morgan fingerprint density at radius 1 is 1.44 bits per heavy atom. The number of hydrogen-bond donors (Lipinski definition) is 4. The number of H-pyrrole nitrogens is 1. The number of fused-ring (bicyclic) bond motifs is 1. The van der Waals surface area contributed by atoms with Crippen molar-refractivity contribution in [2.75, 3.05) is 11.9 Å². The molecule has 0 amide bonds. The van der Waals surface area contributed by atoms with Gasteiger partial charge >= 0.3 is 0 Å². The minimum Gasteiger partial charge on any atom is -0.394 e.